The van der Waals surface area contributed by atoms with E-state index in [-0.39, 0.29) is 6.61 Å². The van der Waals surface area contributed by atoms with Crippen LogP contribution in [-0.2, 0) is 23.7 Å². The van der Waals surface area contributed by atoms with Crippen LogP contribution in [0.15, 0.2) is 30.3 Å². The molecule has 0 fully saturated rings. The maximum atomic E-state index is 12.6. The van der Waals surface area contributed by atoms with Crippen molar-refractivity contribution in [1.29, 1.82) is 0 Å². The van der Waals surface area contributed by atoms with Crippen molar-refractivity contribution in [1.82, 2.24) is 4.90 Å². The molecular formula is C21H31NO8. The minimum absolute atomic E-state index is 0.343. The zero-order valence-corrected chi connectivity index (χ0v) is 18.0. The molecule has 0 unspecified atom stereocenters. The maximum absolute atomic E-state index is 12.6. The Labute approximate surface area is 177 Å². The predicted molar refractivity (Wildman–Crippen MR) is 108 cm³/mol. The van der Waals surface area contributed by atoms with Crippen molar-refractivity contribution in [2.45, 2.75) is 44.8 Å². The minimum Gasteiger partial charge on any atom is -0.453 e. The van der Waals surface area contributed by atoms with E-state index in [1.807, 2.05) is 6.07 Å². The monoisotopic (exact) mass is 425 g/mol. The number of carbonyl (C=O) groups excluding carboxylic acids is 3. The quantitative estimate of drug-likeness (QED) is 0.294. The third-order valence-electron chi connectivity index (χ3n) is 4.44. The molecule has 0 saturated heterocycles. The Morgan fingerprint density at radius 2 is 1.57 bits per heavy atom. The molecule has 1 rings (SSSR count). The van der Waals surface area contributed by atoms with Crippen LogP contribution < -0.4 is 0 Å². The number of methoxy groups -OCH3 is 3. The summed E-state index contributed by atoms with van der Waals surface area (Å²) in [5.41, 5.74) is 0.681. The third-order valence-corrected chi connectivity index (χ3v) is 4.44. The zero-order chi connectivity index (χ0) is 22.4. The van der Waals surface area contributed by atoms with Crippen LogP contribution in [0.5, 0.6) is 0 Å². The second-order valence-corrected chi connectivity index (χ2v) is 6.46. The highest BCUT2D eigenvalue weighted by Crippen LogP contribution is 2.29. The molecule has 168 valence electrons. The second-order valence-electron chi connectivity index (χ2n) is 6.46. The minimum atomic E-state index is -1.05. The molecule has 0 aliphatic heterocycles. The third kappa shape index (κ3) is 8.18. The van der Waals surface area contributed by atoms with E-state index >= 15 is 0 Å². The van der Waals surface area contributed by atoms with E-state index in [1.165, 1.54) is 26.2 Å². The summed E-state index contributed by atoms with van der Waals surface area (Å²) in [7, 11) is 3.62. The number of rotatable bonds is 11. The smallest absolute Gasteiger partial charge is 0.453 e. The predicted octanol–water partition coefficient (Wildman–Crippen LogP) is 4.31. The van der Waals surface area contributed by atoms with Gasteiger partial charge in [-0.1, -0.05) is 56.5 Å². The van der Waals surface area contributed by atoms with E-state index in [2.05, 4.69) is 16.4 Å². The van der Waals surface area contributed by atoms with Gasteiger partial charge in [0.1, 0.15) is 12.6 Å². The zero-order valence-electron chi connectivity index (χ0n) is 18.0. The van der Waals surface area contributed by atoms with Crippen molar-refractivity contribution in [2.75, 3.05) is 34.5 Å². The van der Waals surface area contributed by atoms with E-state index in [1.54, 1.807) is 24.3 Å². The van der Waals surface area contributed by atoms with Crippen LogP contribution in [0.3, 0.4) is 0 Å². The molecule has 0 bridgehead atoms. The molecule has 0 aliphatic rings. The molecule has 30 heavy (non-hydrogen) atoms. The molecule has 1 aromatic rings. The lowest BCUT2D eigenvalue weighted by atomic mass is 9.99. The first kappa shape index (κ1) is 25.1. The van der Waals surface area contributed by atoms with Crippen LogP contribution >= 0.6 is 0 Å². The second kappa shape index (κ2) is 14.1. The summed E-state index contributed by atoms with van der Waals surface area (Å²) in [4.78, 5) is 37.5. The number of hydrogen-bond donors (Lipinski definition) is 0. The molecule has 0 saturated carbocycles. The van der Waals surface area contributed by atoms with Gasteiger partial charge in [0.25, 0.3) is 0 Å². The molecule has 1 aromatic carbocycles. The molecule has 9 nitrogen and oxygen atoms in total. The molecule has 0 N–H and O–H groups in total. The fourth-order valence-corrected chi connectivity index (χ4v) is 2.99. The lowest BCUT2D eigenvalue weighted by Gasteiger charge is -2.35. The normalized spacial score (nSPS) is 12.3. The van der Waals surface area contributed by atoms with Crippen molar-refractivity contribution >= 4 is 18.4 Å². The standard InChI is InChI=1S/C21H31NO8/c1-5-6-7-11-14-22(19(23)26-2)18(16-12-9-8-10-13-16)17(30-21(25)28-4)15-29-20(24)27-3/h8-10,12-13,17-18H,5-7,11,14-15H2,1-4H3/t17-,18+/m0/s1. The molecule has 0 heterocycles. The Morgan fingerprint density at radius 3 is 2.13 bits per heavy atom. The van der Waals surface area contributed by atoms with Crippen molar-refractivity contribution in [3.05, 3.63) is 35.9 Å². The van der Waals surface area contributed by atoms with Crippen molar-refractivity contribution in [3.63, 3.8) is 0 Å². The Kier molecular flexibility index (Phi) is 11.8. The molecule has 0 aromatic heterocycles. The topological polar surface area (TPSA) is 101 Å². The maximum Gasteiger partial charge on any atom is 0.508 e. The van der Waals surface area contributed by atoms with Gasteiger partial charge in [0.2, 0.25) is 0 Å². The van der Waals surface area contributed by atoms with Gasteiger partial charge in [0.05, 0.1) is 21.3 Å². The van der Waals surface area contributed by atoms with Gasteiger partial charge in [-0.2, -0.15) is 0 Å². The first-order chi connectivity index (χ1) is 14.5. The molecule has 1 amide bonds. The number of amides is 1. The van der Waals surface area contributed by atoms with Crippen molar-refractivity contribution < 1.29 is 38.1 Å². The number of nitrogens with zero attached hydrogens (tertiary/aromatic N) is 1. The number of ether oxygens (including phenoxy) is 5. The van der Waals surface area contributed by atoms with Gasteiger partial charge in [0.15, 0.2) is 6.10 Å². The molecule has 0 aliphatic carbocycles. The summed E-state index contributed by atoms with van der Waals surface area (Å²) in [6.45, 7) is 2.12. The van der Waals surface area contributed by atoms with Crippen LogP contribution in [0.4, 0.5) is 14.4 Å². The van der Waals surface area contributed by atoms with Crippen LogP contribution in [0.2, 0.25) is 0 Å². The first-order valence-corrected chi connectivity index (χ1v) is 9.83. The molecule has 0 spiro atoms. The fourth-order valence-electron chi connectivity index (χ4n) is 2.99. The molecular weight excluding hydrogens is 394 g/mol. The number of carbonyl (C=O) groups is 3. The van der Waals surface area contributed by atoms with Crippen LogP contribution in [0.25, 0.3) is 0 Å². The molecule has 9 heteroatoms. The summed E-state index contributed by atoms with van der Waals surface area (Å²) in [6, 6.07) is 8.22. The van der Waals surface area contributed by atoms with Gasteiger partial charge in [-0.15, -0.1) is 0 Å². The van der Waals surface area contributed by atoms with Crippen LogP contribution in [-0.4, -0.2) is 63.9 Å². The Hall–Kier alpha value is -2.97. The molecule has 0 radical (unpaired) electrons. The van der Waals surface area contributed by atoms with Gasteiger partial charge < -0.3 is 23.7 Å². The summed E-state index contributed by atoms with van der Waals surface area (Å²) >= 11 is 0. The van der Waals surface area contributed by atoms with Crippen molar-refractivity contribution in [3.8, 4) is 0 Å². The van der Waals surface area contributed by atoms with E-state index < -0.39 is 30.5 Å². The van der Waals surface area contributed by atoms with Crippen LogP contribution in [0, 0.1) is 0 Å². The van der Waals surface area contributed by atoms with E-state index in [0.717, 1.165) is 25.7 Å². The summed E-state index contributed by atoms with van der Waals surface area (Å²) < 4.78 is 24.5. The van der Waals surface area contributed by atoms with E-state index in [0.29, 0.717) is 12.1 Å². The lowest BCUT2D eigenvalue weighted by molar-refractivity contribution is -0.0415. The van der Waals surface area contributed by atoms with Gasteiger partial charge in [0, 0.05) is 6.54 Å². The summed E-state index contributed by atoms with van der Waals surface area (Å²) in [5, 5.41) is 0. The SMILES string of the molecule is CCCCCCN(C(=O)OC)[C@H](c1ccccc1)[C@H](COC(=O)OC)OC(=O)OC. The largest absolute Gasteiger partial charge is 0.508 e. The summed E-state index contributed by atoms with van der Waals surface area (Å²) in [5.74, 6) is 0. The first-order valence-electron chi connectivity index (χ1n) is 9.83. The fraction of sp³-hybridized carbons (Fsp3) is 0.571. The average molecular weight is 425 g/mol. The highest BCUT2D eigenvalue weighted by Gasteiger charge is 2.36. The van der Waals surface area contributed by atoms with Crippen molar-refractivity contribution in [2.24, 2.45) is 0 Å². The van der Waals surface area contributed by atoms with Gasteiger partial charge in [-0.05, 0) is 12.0 Å². The van der Waals surface area contributed by atoms with Gasteiger partial charge >= 0.3 is 18.4 Å². The average Bonchev–Trinajstić information content (AvgIpc) is 2.78. The van der Waals surface area contributed by atoms with Gasteiger partial charge in [-0.25, -0.2) is 14.4 Å². The Bertz CT molecular complexity index is 652. The number of unbranched alkanes of at least 4 members (excludes halogenated alkanes) is 3. The van der Waals surface area contributed by atoms with Crippen LogP contribution in [0.1, 0.15) is 44.2 Å². The number of benzene rings is 1. The highest BCUT2D eigenvalue weighted by molar-refractivity contribution is 5.68. The van der Waals surface area contributed by atoms with E-state index in [9.17, 15) is 14.4 Å². The highest BCUT2D eigenvalue weighted by atomic mass is 16.7. The van der Waals surface area contributed by atoms with Gasteiger partial charge in [-0.3, -0.25) is 4.90 Å². The van der Waals surface area contributed by atoms with E-state index in [4.69, 9.17) is 14.2 Å². The lowest BCUT2D eigenvalue weighted by Crippen LogP contribution is -2.45. The summed E-state index contributed by atoms with van der Waals surface area (Å²) in [6.07, 6.45) is 0.181. The number of hydrogen-bond acceptors (Lipinski definition) is 8. The Morgan fingerprint density at radius 1 is 0.900 bits per heavy atom. The molecule has 2 atom stereocenters. The Balaban J connectivity index is 3.28.